The van der Waals surface area contributed by atoms with Crippen LogP contribution in [0.3, 0.4) is 0 Å². The van der Waals surface area contributed by atoms with Gasteiger partial charge in [0.15, 0.2) is 0 Å². The molecule has 0 N–H and O–H groups in total. The summed E-state index contributed by atoms with van der Waals surface area (Å²) in [6.45, 7) is 16.8. The third kappa shape index (κ3) is 13.9. The van der Waals surface area contributed by atoms with Crippen LogP contribution in [0.5, 0.6) is 11.5 Å². The van der Waals surface area contributed by atoms with Gasteiger partial charge >= 0.3 is 23.1 Å². The first-order valence-electron chi connectivity index (χ1n) is 11.9. The van der Waals surface area contributed by atoms with Crippen molar-refractivity contribution in [2.75, 3.05) is 14.2 Å². The molecule has 0 aromatic heterocycles. The maximum absolute atomic E-state index is 5.26. The summed E-state index contributed by atoms with van der Waals surface area (Å²) in [5.41, 5.74) is 1.96. The molecule has 0 aliphatic rings. The Hall–Kier alpha value is -1.27. The van der Waals surface area contributed by atoms with Crippen molar-refractivity contribution in [3.05, 3.63) is 89.8 Å². The zero-order valence-electron chi connectivity index (χ0n) is 23.6. The number of benzene rings is 4. The predicted octanol–water partition coefficient (Wildman–Crippen LogP) is 6.54. The second kappa shape index (κ2) is 16.0. The van der Waals surface area contributed by atoms with E-state index in [0.717, 1.165) is 22.4 Å². The van der Waals surface area contributed by atoms with Crippen molar-refractivity contribution < 1.29 is 26.5 Å². The van der Waals surface area contributed by atoms with Gasteiger partial charge in [-0.25, -0.2) is 0 Å². The molecule has 37 heavy (non-hydrogen) atoms. The fourth-order valence-electron chi connectivity index (χ4n) is 3.45. The molecule has 0 atom stereocenters. The summed E-state index contributed by atoms with van der Waals surface area (Å²) in [7, 11) is 3.39. The average Bonchev–Trinajstić information content (AvgIpc) is 2.76. The van der Waals surface area contributed by atoms with Crippen LogP contribution in [0, 0.1) is 17.8 Å². The zero-order chi connectivity index (χ0) is 26.2. The summed E-state index contributed by atoms with van der Waals surface area (Å²) in [5.74, 6) is 1.82. The van der Waals surface area contributed by atoms with Gasteiger partial charge in [0, 0.05) is 4.47 Å². The van der Waals surface area contributed by atoms with Crippen LogP contribution in [0.4, 0.5) is 0 Å². The van der Waals surface area contributed by atoms with E-state index < -0.39 is 0 Å². The average molecular weight is 641 g/mol. The van der Waals surface area contributed by atoms with Gasteiger partial charge in [0.05, 0.1) is 14.2 Å². The topological polar surface area (TPSA) is 18.5 Å². The Kier molecular flexibility index (Phi) is 15.4. The summed E-state index contributed by atoms with van der Waals surface area (Å²) < 4.78 is 11.5. The minimum atomic E-state index is 0. The molecular weight excluding hydrogens is 600 g/mol. The van der Waals surface area contributed by atoms with E-state index in [9.17, 15) is 0 Å². The molecule has 0 amide bonds. The van der Waals surface area contributed by atoms with Crippen LogP contribution in [-0.4, -0.2) is 37.3 Å². The molecule has 0 radical (unpaired) electrons. The van der Waals surface area contributed by atoms with Gasteiger partial charge in [-0.15, -0.1) is 0 Å². The number of hydrogen-bond acceptors (Lipinski definition) is 2. The van der Waals surface area contributed by atoms with Gasteiger partial charge in [0.25, 0.3) is 0 Å². The molecule has 0 unspecified atom stereocenters. The molecule has 0 saturated heterocycles. The molecule has 0 aliphatic heterocycles. The standard InChI is InChI=1S/C16H20O.C11H9BrO.C5H11.BrH.Mg/c1-16(2,3)11-12-5-6-13-7-8-15(17-4)10-14(13)9-12;1-13-11-5-3-8-2-4-10(12)6-9(8)7-11;1-5(2,3)4;;/h5-10H,11H2,1-4H3;2-7H,1H3;1H2,2-4H3;1H;/q;;-1;;+2/p-1. The van der Waals surface area contributed by atoms with Crippen LogP contribution in [0.2, 0.25) is 0 Å². The van der Waals surface area contributed by atoms with E-state index in [4.69, 9.17) is 9.47 Å². The molecule has 196 valence electrons. The maximum atomic E-state index is 5.26. The van der Waals surface area contributed by atoms with Gasteiger partial charge in [0.1, 0.15) is 11.5 Å². The number of ether oxygens (including phenoxy) is 2. The first-order chi connectivity index (χ1) is 16.3. The minimum absolute atomic E-state index is 0. The number of methoxy groups -OCH3 is 2. The van der Waals surface area contributed by atoms with Gasteiger partial charge in [0.2, 0.25) is 0 Å². The van der Waals surface area contributed by atoms with Crippen molar-refractivity contribution in [1.29, 1.82) is 0 Å². The second-order valence-electron chi connectivity index (χ2n) is 11.2. The van der Waals surface area contributed by atoms with E-state index in [1.54, 1.807) is 14.2 Å². The third-order valence-corrected chi connectivity index (χ3v) is 5.35. The summed E-state index contributed by atoms with van der Waals surface area (Å²) in [6.07, 6.45) is 1.10. The molecule has 0 spiro atoms. The normalized spacial score (nSPS) is 10.6. The number of fused-ring (bicyclic) bond motifs is 2. The Balaban J connectivity index is 0.000000579. The van der Waals surface area contributed by atoms with Crippen molar-refractivity contribution in [3.63, 3.8) is 0 Å². The number of rotatable bonds is 3. The van der Waals surface area contributed by atoms with E-state index in [1.807, 2.05) is 24.3 Å². The van der Waals surface area contributed by atoms with Crippen LogP contribution < -0.4 is 26.5 Å². The summed E-state index contributed by atoms with van der Waals surface area (Å²) in [6, 6.07) is 25.1. The Morgan fingerprint density at radius 2 is 1.05 bits per heavy atom. The third-order valence-electron chi connectivity index (χ3n) is 4.86. The van der Waals surface area contributed by atoms with Gasteiger partial charge in [-0.05, 0) is 75.3 Å². The molecule has 4 rings (SSSR count). The first kappa shape index (κ1) is 35.7. The molecule has 2 nitrogen and oxygen atoms in total. The molecule has 4 aromatic rings. The van der Waals surface area contributed by atoms with Gasteiger partial charge in [-0.1, -0.05) is 93.9 Å². The van der Waals surface area contributed by atoms with Crippen molar-refractivity contribution >= 4 is 60.5 Å². The van der Waals surface area contributed by atoms with Crippen LogP contribution >= 0.6 is 15.9 Å². The van der Waals surface area contributed by atoms with Crippen LogP contribution in [0.25, 0.3) is 21.5 Å². The SMILES string of the molecule is COc1ccc2ccc(Br)cc2c1.COc1ccc2ccc(CC(C)(C)C)cc2c1.[Br-].[CH2-]C(C)(C)C.[Mg+2]. The quantitative estimate of drug-likeness (QED) is 0.187. The number of hydrogen-bond donors (Lipinski definition) is 0. The smallest absolute Gasteiger partial charge is 1.00 e. The molecule has 0 fully saturated rings. The largest absolute Gasteiger partial charge is 2.00 e. The summed E-state index contributed by atoms with van der Waals surface area (Å²) in [5, 5.41) is 4.94. The van der Waals surface area contributed by atoms with Crippen molar-refractivity contribution in [2.45, 2.75) is 48.0 Å². The fraction of sp³-hybridized carbons (Fsp3) is 0.344. The molecule has 0 bridgehead atoms. The van der Waals surface area contributed by atoms with Crippen molar-refractivity contribution in [3.8, 4) is 11.5 Å². The second-order valence-corrected chi connectivity index (χ2v) is 12.1. The molecule has 0 saturated carbocycles. The van der Waals surface area contributed by atoms with Crippen LogP contribution in [-0.2, 0) is 6.42 Å². The predicted molar refractivity (Wildman–Crippen MR) is 162 cm³/mol. The molecule has 0 heterocycles. The Labute approximate surface area is 259 Å². The van der Waals surface area contributed by atoms with E-state index in [-0.39, 0.29) is 45.4 Å². The van der Waals surface area contributed by atoms with Crippen molar-refractivity contribution in [2.24, 2.45) is 10.8 Å². The monoisotopic (exact) mass is 638 g/mol. The Bertz CT molecular complexity index is 1240. The van der Waals surface area contributed by atoms with E-state index in [1.165, 1.54) is 27.1 Å². The van der Waals surface area contributed by atoms with Gasteiger partial charge in [-0.2, -0.15) is 5.41 Å². The molecule has 0 aliphatic carbocycles. The van der Waals surface area contributed by atoms with Gasteiger partial charge < -0.3 is 33.4 Å². The minimum Gasteiger partial charge on any atom is -1.00 e. The summed E-state index contributed by atoms with van der Waals surface area (Å²) >= 11 is 3.44. The molecular formula is C32H40Br2MgO2. The van der Waals surface area contributed by atoms with E-state index in [0.29, 0.717) is 5.41 Å². The van der Waals surface area contributed by atoms with Crippen LogP contribution in [0.15, 0.2) is 77.3 Å². The number of halogens is 2. The maximum Gasteiger partial charge on any atom is 2.00 e. The van der Waals surface area contributed by atoms with Crippen LogP contribution in [0.1, 0.15) is 47.1 Å². The Morgan fingerprint density at radius 1 is 0.649 bits per heavy atom. The van der Waals surface area contributed by atoms with Gasteiger partial charge in [-0.3, -0.25) is 0 Å². The molecule has 4 aromatic carbocycles. The van der Waals surface area contributed by atoms with E-state index in [2.05, 4.69) is 113 Å². The van der Waals surface area contributed by atoms with Crippen molar-refractivity contribution in [1.82, 2.24) is 0 Å². The summed E-state index contributed by atoms with van der Waals surface area (Å²) in [4.78, 5) is 0. The van der Waals surface area contributed by atoms with E-state index >= 15 is 0 Å². The fourth-order valence-corrected chi connectivity index (χ4v) is 3.83. The molecule has 5 heteroatoms. The first-order valence-corrected chi connectivity index (χ1v) is 12.7. The Morgan fingerprint density at radius 3 is 1.49 bits per heavy atom. The zero-order valence-corrected chi connectivity index (χ0v) is 28.2.